The summed E-state index contributed by atoms with van der Waals surface area (Å²) in [6, 6.07) is 16.6. The molecule has 0 saturated carbocycles. The molecule has 27 heavy (non-hydrogen) atoms. The van der Waals surface area contributed by atoms with Gasteiger partial charge in [0.25, 0.3) is 5.91 Å². The molecule has 0 radical (unpaired) electrons. The lowest BCUT2D eigenvalue weighted by Crippen LogP contribution is -2.17. The molecule has 3 aromatic rings. The van der Waals surface area contributed by atoms with Gasteiger partial charge in [-0.15, -0.1) is 16.8 Å². The molecule has 0 aliphatic carbocycles. The SMILES string of the molecule is CC(=O)ONCc1ccc(C(=O)Nc2cc(-c3cccs3)ccc2N)cc1. The van der Waals surface area contributed by atoms with E-state index in [9.17, 15) is 9.59 Å². The summed E-state index contributed by atoms with van der Waals surface area (Å²) in [6.07, 6.45) is 0. The quantitative estimate of drug-likeness (QED) is 0.446. The Balaban J connectivity index is 1.68. The van der Waals surface area contributed by atoms with Crippen LogP contribution in [-0.2, 0) is 16.2 Å². The smallest absolute Gasteiger partial charge is 0.321 e. The zero-order valence-corrected chi connectivity index (χ0v) is 15.5. The minimum atomic E-state index is -0.409. The number of hydrogen-bond acceptors (Lipinski definition) is 6. The normalized spacial score (nSPS) is 10.4. The molecule has 7 heteroatoms. The van der Waals surface area contributed by atoms with Crippen LogP contribution in [0, 0.1) is 0 Å². The van der Waals surface area contributed by atoms with Crippen LogP contribution in [0.2, 0.25) is 0 Å². The molecule has 2 aromatic carbocycles. The van der Waals surface area contributed by atoms with Gasteiger partial charge in [-0.1, -0.05) is 24.3 Å². The zero-order chi connectivity index (χ0) is 19.2. The first kappa shape index (κ1) is 18.6. The molecule has 138 valence electrons. The van der Waals surface area contributed by atoms with Crippen molar-refractivity contribution >= 4 is 34.6 Å². The largest absolute Gasteiger partial charge is 0.397 e. The molecule has 0 saturated heterocycles. The number of hydrogen-bond donors (Lipinski definition) is 3. The highest BCUT2D eigenvalue weighted by atomic mass is 32.1. The number of carbonyl (C=O) groups is 2. The number of nitrogen functional groups attached to an aromatic ring is 1. The Bertz CT molecular complexity index is 938. The van der Waals surface area contributed by atoms with Crippen molar-refractivity contribution in [3.63, 3.8) is 0 Å². The van der Waals surface area contributed by atoms with Crippen LogP contribution < -0.4 is 16.5 Å². The minimum Gasteiger partial charge on any atom is -0.397 e. The molecule has 0 aliphatic rings. The van der Waals surface area contributed by atoms with E-state index in [-0.39, 0.29) is 5.91 Å². The summed E-state index contributed by atoms with van der Waals surface area (Å²) in [6.45, 7) is 1.68. The Morgan fingerprint density at radius 3 is 2.56 bits per heavy atom. The highest BCUT2D eigenvalue weighted by molar-refractivity contribution is 7.13. The highest BCUT2D eigenvalue weighted by Crippen LogP contribution is 2.30. The van der Waals surface area contributed by atoms with Crippen LogP contribution in [0.15, 0.2) is 60.0 Å². The van der Waals surface area contributed by atoms with Gasteiger partial charge in [0.05, 0.1) is 17.9 Å². The maximum Gasteiger partial charge on any atom is 0.321 e. The van der Waals surface area contributed by atoms with Crippen molar-refractivity contribution in [2.45, 2.75) is 13.5 Å². The van der Waals surface area contributed by atoms with E-state index >= 15 is 0 Å². The van der Waals surface area contributed by atoms with Gasteiger partial charge in [-0.2, -0.15) is 0 Å². The Morgan fingerprint density at radius 2 is 1.89 bits per heavy atom. The monoisotopic (exact) mass is 381 g/mol. The van der Waals surface area contributed by atoms with Gasteiger partial charge in [-0.3, -0.25) is 9.59 Å². The van der Waals surface area contributed by atoms with E-state index in [0.717, 1.165) is 16.0 Å². The minimum absolute atomic E-state index is 0.246. The first-order valence-electron chi connectivity index (χ1n) is 8.27. The van der Waals surface area contributed by atoms with Gasteiger partial charge in [0.15, 0.2) is 0 Å². The number of nitrogens with one attached hydrogen (secondary N) is 2. The van der Waals surface area contributed by atoms with Crippen LogP contribution in [0.4, 0.5) is 11.4 Å². The van der Waals surface area contributed by atoms with Crippen LogP contribution in [0.1, 0.15) is 22.8 Å². The van der Waals surface area contributed by atoms with Crippen LogP contribution in [-0.4, -0.2) is 11.9 Å². The van der Waals surface area contributed by atoms with E-state index in [1.54, 1.807) is 41.7 Å². The van der Waals surface area contributed by atoms with Gasteiger partial charge < -0.3 is 15.9 Å². The third-order valence-electron chi connectivity index (χ3n) is 3.82. The van der Waals surface area contributed by atoms with Gasteiger partial charge in [-0.05, 0) is 46.8 Å². The molecule has 1 amide bonds. The molecule has 0 spiro atoms. The summed E-state index contributed by atoms with van der Waals surface area (Å²) in [7, 11) is 0. The number of benzene rings is 2. The summed E-state index contributed by atoms with van der Waals surface area (Å²) < 4.78 is 0. The predicted molar refractivity (Wildman–Crippen MR) is 107 cm³/mol. The zero-order valence-electron chi connectivity index (χ0n) is 14.7. The van der Waals surface area contributed by atoms with Gasteiger partial charge in [0, 0.05) is 17.4 Å². The number of anilines is 2. The summed E-state index contributed by atoms with van der Waals surface area (Å²) in [5.41, 5.74) is 12.0. The molecule has 0 atom stereocenters. The van der Waals surface area contributed by atoms with Crippen molar-refractivity contribution in [3.05, 3.63) is 71.1 Å². The topological polar surface area (TPSA) is 93.4 Å². The number of carbonyl (C=O) groups excluding carboxylic acids is 2. The average molecular weight is 381 g/mol. The fraction of sp³-hybridized carbons (Fsp3) is 0.100. The number of amides is 1. The molecule has 3 rings (SSSR count). The second kappa shape index (κ2) is 8.48. The first-order chi connectivity index (χ1) is 13.0. The molecule has 0 aliphatic heterocycles. The Labute approximate surface area is 160 Å². The van der Waals surface area contributed by atoms with Gasteiger partial charge in [-0.25, -0.2) is 0 Å². The van der Waals surface area contributed by atoms with Crippen LogP contribution in [0.5, 0.6) is 0 Å². The predicted octanol–water partition coefficient (Wildman–Crippen LogP) is 3.82. The lowest BCUT2D eigenvalue weighted by atomic mass is 10.1. The van der Waals surface area contributed by atoms with E-state index in [4.69, 9.17) is 5.73 Å². The third kappa shape index (κ3) is 4.93. The fourth-order valence-corrected chi connectivity index (χ4v) is 3.17. The van der Waals surface area contributed by atoms with E-state index in [1.165, 1.54) is 6.92 Å². The van der Waals surface area contributed by atoms with Gasteiger partial charge >= 0.3 is 5.97 Å². The lowest BCUT2D eigenvalue weighted by Gasteiger charge is -2.10. The molecule has 0 bridgehead atoms. The first-order valence-corrected chi connectivity index (χ1v) is 9.15. The van der Waals surface area contributed by atoms with Crippen molar-refractivity contribution in [3.8, 4) is 10.4 Å². The van der Waals surface area contributed by atoms with Crippen molar-refractivity contribution in [1.82, 2.24) is 5.48 Å². The second-order valence-electron chi connectivity index (χ2n) is 5.85. The molecular weight excluding hydrogens is 362 g/mol. The van der Waals surface area contributed by atoms with Crippen molar-refractivity contribution in [2.75, 3.05) is 11.1 Å². The summed E-state index contributed by atoms with van der Waals surface area (Å²) in [5, 5.41) is 4.86. The Morgan fingerprint density at radius 1 is 1.11 bits per heavy atom. The molecule has 1 heterocycles. The molecule has 0 unspecified atom stereocenters. The van der Waals surface area contributed by atoms with Crippen molar-refractivity contribution in [1.29, 1.82) is 0 Å². The van der Waals surface area contributed by atoms with E-state index in [2.05, 4.69) is 15.6 Å². The van der Waals surface area contributed by atoms with Crippen LogP contribution >= 0.6 is 11.3 Å². The summed E-state index contributed by atoms with van der Waals surface area (Å²) in [5.74, 6) is -0.655. The van der Waals surface area contributed by atoms with Crippen LogP contribution in [0.3, 0.4) is 0 Å². The highest BCUT2D eigenvalue weighted by Gasteiger charge is 2.10. The number of nitrogens with two attached hydrogens (primary N) is 1. The molecule has 6 nitrogen and oxygen atoms in total. The van der Waals surface area contributed by atoms with E-state index < -0.39 is 5.97 Å². The molecule has 0 fully saturated rings. The third-order valence-corrected chi connectivity index (χ3v) is 4.73. The average Bonchev–Trinajstić information content (AvgIpc) is 3.18. The van der Waals surface area contributed by atoms with E-state index in [0.29, 0.717) is 23.5 Å². The van der Waals surface area contributed by atoms with Crippen molar-refractivity contribution in [2.24, 2.45) is 0 Å². The molecule has 4 N–H and O–H groups in total. The number of thiophene rings is 1. The van der Waals surface area contributed by atoms with Crippen molar-refractivity contribution < 1.29 is 14.4 Å². The van der Waals surface area contributed by atoms with Crippen LogP contribution in [0.25, 0.3) is 10.4 Å². The van der Waals surface area contributed by atoms with E-state index in [1.807, 2.05) is 29.6 Å². The standard InChI is InChI=1S/C20H19N3O3S/c1-13(24)26-22-12-14-4-6-15(7-5-14)20(25)23-18-11-16(8-9-17(18)21)19-3-2-10-27-19/h2-11,22H,12,21H2,1H3,(H,23,25). The summed E-state index contributed by atoms with van der Waals surface area (Å²) in [4.78, 5) is 29.0. The number of rotatable bonds is 6. The fourth-order valence-electron chi connectivity index (χ4n) is 2.45. The molecule has 1 aromatic heterocycles. The molecular formula is C20H19N3O3S. The Kier molecular flexibility index (Phi) is 5.85. The lowest BCUT2D eigenvalue weighted by molar-refractivity contribution is -0.148. The second-order valence-corrected chi connectivity index (χ2v) is 6.79. The maximum atomic E-state index is 12.5. The number of hydroxylamine groups is 1. The van der Waals surface area contributed by atoms with Gasteiger partial charge in [0.2, 0.25) is 0 Å². The van der Waals surface area contributed by atoms with Gasteiger partial charge in [0.1, 0.15) is 0 Å². The maximum absolute atomic E-state index is 12.5. The Hall–Kier alpha value is -3.16. The summed E-state index contributed by atoms with van der Waals surface area (Å²) >= 11 is 1.62.